The van der Waals surface area contributed by atoms with E-state index < -0.39 is 5.82 Å². The van der Waals surface area contributed by atoms with Crippen LogP contribution in [0.3, 0.4) is 0 Å². The molecule has 2 N–H and O–H groups in total. The largest absolute Gasteiger partial charge is 0.462 e. The average Bonchev–Trinajstić information content (AvgIpc) is 2.51. The third kappa shape index (κ3) is 4.91. The number of anilines is 2. The highest BCUT2D eigenvalue weighted by Crippen LogP contribution is 2.22. The van der Waals surface area contributed by atoms with Crippen molar-refractivity contribution in [2.24, 2.45) is 0 Å². The molecule has 0 fully saturated rings. The minimum atomic E-state index is -0.422. The molecule has 0 saturated carbocycles. The van der Waals surface area contributed by atoms with Crippen LogP contribution in [0.4, 0.5) is 15.8 Å². The lowest BCUT2D eigenvalue weighted by Crippen LogP contribution is -2.19. The van der Waals surface area contributed by atoms with Crippen LogP contribution in [-0.4, -0.2) is 17.7 Å². The number of rotatable bonds is 4. The number of nitrogens with one attached hydrogen (secondary N) is 2. The summed E-state index contributed by atoms with van der Waals surface area (Å²) in [5.41, 5.74) is 1.64. The molecular formula is C16H14ClFN2O2S. The quantitative estimate of drug-likeness (QED) is 0.628. The molecule has 0 aliphatic carbocycles. The Hall–Kier alpha value is -2.18. The van der Waals surface area contributed by atoms with Crippen molar-refractivity contribution in [3.8, 4) is 0 Å². The SMILES string of the molecule is CCOC(=O)c1ccc(NC(=S)Nc2ccc(F)cc2Cl)cc1. The third-order valence-electron chi connectivity index (χ3n) is 2.83. The second-order valence-corrected chi connectivity index (χ2v) is 5.32. The molecule has 0 heterocycles. The molecule has 0 saturated heterocycles. The van der Waals surface area contributed by atoms with Gasteiger partial charge in [0.2, 0.25) is 0 Å². The van der Waals surface area contributed by atoms with Gasteiger partial charge in [-0.2, -0.15) is 0 Å². The smallest absolute Gasteiger partial charge is 0.338 e. The minimum Gasteiger partial charge on any atom is -0.462 e. The van der Waals surface area contributed by atoms with Gasteiger partial charge in [0.25, 0.3) is 0 Å². The highest BCUT2D eigenvalue weighted by molar-refractivity contribution is 7.80. The van der Waals surface area contributed by atoms with Crippen molar-refractivity contribution in [2.75, 3.05) is 17.2 Å². The zero-order valence-electron chi connectivity index (χ0n) is 12.2. The molecule has 0 atom stereocenters. The van der Waals surface area contributed by atoms with E-state index in [1.54, 1.807) is 31.2 Å². The molecule has 7 heteroatoms. The van der Waals surface area contributed by atoms with Gasteiger partial charge in [0.15, 0.2) is 5.11 Å². The van der Waals surface area contributed by atoms with E-state index in [1.165, 1.54) is 18.2 Å². The Morgan fingerprint density at radius 3 is 2.52 bits per heavy atom. The van der Waals surface area contributed by atoms with E-state index in [0.29, 0.717) is 28.7 Å². The van der Waals surface area contributed by atoms with E-state index in [4.69, 9.17) is 28.6 Å². The summed E-state index contributed by atoms with van der Waals surface area (Å²) in [5.74, 6) is -0.799. The molecule has 23 heavy (non-hydrogen) atoms. The number of carbonyl (C=O) groups is 1. The zero-order valence-corrected chi connectivity index (χ0v) is 13.8. The first-order chi connectivity index (χ1) is 11.0. The van der Waals surface area contributed by atoms with Crippen molar-refractivity contribution in [3.05, 3.63) is 58.9 Å². The highest BCUT2D eigenvalue weighted by atomic mass is 35.5. The Kier molecular flexibility index (Phi) is 5.90. The summed E-state index contributed by atoms with van der Waals surface area (Å²) in [4.78, 5) is 11.6. The monoisotopic (exact) mass is 352 g/mol. The van der Waals surface area contributed by atoms with Gasteiger partial charge in [-0.3, -0.25) is 0 Å². The number of ether oxygens (including phenoxy) is 1. The second-order valence-electron chi connectivity index (χ2n) is 4.50. The molecule has 2 aromatic carbocycles. The maximum atomic E-state index is 13.0. The molecule has 120 valence electrons. The molecule has 2 aromatic rings. The van der Waals surface area contributed by atoms with Crippen LogP contribution in [-0.2, 0) is 4.74 Å². The number of hydrogen-bond acceptors (Lipinski definition) is 3. The fourth-order valence-corrected chi connectivity index (χ4v) is 2.22. The number of hydrogen-bond donors (Lipinski definition) is 2. The molecule has 4 nitrogen and oxygen atoms in total. The lowest BCUT2D eigenvalue weighted by Gasteiger charge is -2.12. The van der Waals surface area contributed by atoms with E-state index in [2.05, 4.69) is 10.6 Å². The summed E-state index contributed by atoms with van der Waals surface area (Å²) in [6.45, 7) is 2.07. The summed E-state index contributed by atoms with van der Waals surface area (Å²) in [5, 5.41) is 6.34. The van der Waals surface area contributed by atoms with E-state index in [0.717, 1.165) is 0 Å². The maximum absolute atomic E-state index is 13.0. The first-order valence-electron chi connectivity index (χ1n) is 6.80. The molecule has 2 rings (SSSR count). The van der Waals surface area contributed by atoms with Crippen molar-refractivity contribution in [2.45, 2.75) is 6.92 Å². The lowest BCUT2D eigenvalue weighted by atomic mass is 10.2. The molecule has 0 aromatic heterocycles. The number of benzene rings is 2. The van der Waals surface area contributed by atoms with Crippen LogP contribution < -0.4 is 10.6 Å². The van der Waals surface area contributed by atoms with Gasteiger partial charge in [-0.25, -0.2) is 9.18 Å². The molecule has 0 unspecified atom stereocenters. The number of thiocarbonyl (C=S) groups is 1. The number of halogens is 2. The lowest BCUT2D eigenvalue weighted by molar-refractivity contribution is 0.0526. The number of esters is 1. The molecule has 0 aliphatic heterocycles. The van der Waals surface area contributed by atoms with Crippen LogP contribution in [0.1, 0.15) is 17.3 Å². The summed E-state index contributed by atoms with van der Waals surface area (Å²) >= 11 is 11.1. The first-order valence-corrected chi connectivity index (χ1v) is 7.58. The van der Waals surface area contributed by atoms with Crippen molar-refractivity contribution in [1.29, 1.82) is 0 Å². The van der Waals surface area contributed by atoms with Gasteiger partial charge in [-0.1, -0.05) is 11.6 Å². The van der Waals surface area contributed by atoms with Crippen LogP contribution in [0.25, 0.3) is 0 Å². The summed E-state index contributed by atoms with van der Waals surface area (Å²) < 4.78 is 17.9. The topological polar surface area (TPSA) is 50.4 Å². The number of carbonyl (C=O) groups excluding carboxylic acids is 1. The third-order valence-corrected chi connectivity index (χ3v) is 3.35. The Labute approximate surface area is 143 Å². The van der Waals surface area contributed by atoms with Crippen LogP contribution in [0.2, 0.25) is 5.02 Å². The van der Waals surface area contributed by atoms with Gasteiger partial charge in [-0.15, -0.1) is 0 Å². The molecule has 0 radical (unpaired) electrons. The predicted molar refractivity (Wildman–Crippen MR) is 93.7 cm³/mol. The Morgan fingerprint density at radius 2 is 1.91 bits per heavy atom. The molecule has 0 aliphatic rings. The van der Waals surface area contributed by atoms with E-state index in [1.807, 2.05) is 0 Å². The average molecular weight is 353 g/mol. The van der Waals surface area contributed by atoms with E-state index >= 15 is 0 Å². The summed E-state index contributed by atoms with van der Waals surface area (Å²) in [6, 6.07) is 10.6. The van der Waals surface area contributed by atoms with Crippen molar-refractivity contribution >= 4 is 46.3 Å². The van der Waals surface area contributed by atoms with Crippen molar-refractivity contribution < 1.29 is 13.9 Å². The second kappa shape index (κ2) is 7.89. The Morgan fingerprint density at radius 1 is 1.22 bits per heavy atom. The molecule has 0 bridgehead atoms. The van der Waals surface area contributed by atoms with E-state index in [-0.39, 0.29) is 11.0 Å². The van der Waals surface area contributed by atoms with Gasteiger partial charge < -0.3 is 15.4 Å². The fourth-order valence-electron chi connectivity index (χ4n) is 1.78. The summed E-state index contributed by atoms with van der Waals surface area (Å²) in [7, 11) is 0. The maximum Gasteiger partial charge on any atom is 0.338 e. The summed E-state index contributed by atoms with van der Waals surface area (Å²) in [6.07, 6.45) is 0. The van der Waals surface area contributed by atoms with Crippen LogP contribution in [0.5, 0.6) is 0 Å². The van der Waals surface area contributed by atoms with Crippen molar-refractivity contribution in [1.82, 2.24) is 0 Å². The highest BCUT2D eigenvalue weighted by Gasteiger charge is 2.07. The van der Waals surface area contributed by atoms with Gasteiger partial charge in [0.05, 0.1) is 22.9 Å². The Balaban J connectivity index is 1.98. The van der Waals surface area contributed by atoms with Crippen molar-refractivity contribution in [3.63, 3.8) is 0 Å². The van der Waals surface area contributed by atoms with E-state index in [9.17, 15) is 9.18 Å². The standard InChI is InChI=1S/C16H14ClFN2O2S/c1-2-22-15(21)10-3-6-12(7-4-10)19-16(23)20-14-8-5-11(18)9-13(14)17/h3-9H,2H2,1H3,(H2,19,20,23). The normalized spacial score (nSPS) is 10.0. The minimum absolute atomic E-state index is 0.229. The van der Waals surface area contributed by atoms with Crippen LogP contribution in [0.15, 0.2) is 42.5 Å². The fraction of sp³-hybridized carbons (Fsp3) is 0.125. The van der Waals surface area contributed by atoms with Crippen LogP contribution >= 0.6 is 23.8 Å². The Bertz CT molecular complexity index is 723. The zero-order chi connectivity index (χ0) is 16.8. The van der Waals surface area contributed by atoms with Gasteiger partial charge >= 0.3 is 5.97 Å². The first kappa shape index (κ1) is 17.2. The van der Waals surface area contributed by atoms with Gasteiger partial charge in [0, 0.05) is 5.69 Å². The predicted octanol–water partition coefficient (Wildman–Crippen LogP) is 4.46. The van der Waals surface area contributed by atoms with Crippen LogP contribution in [0, 0.1) is 5.82 Å². The molecule has 0 spiro atoms. The van der Waals surface area contributed by atoms with Gasteiger partial charge in [0.1, 0.15) is 5.82 Å². The molecule has 0 amide bonds. The molecular weight excluding hydrogens is 339 g/mol. The van der Waals surface area contributed by atoms with Gasteiger partial charge in [-0.05, 0) is 61.6 Å².